The summed E-state index contributed by atoms with van der Waals surface area (Å²) in [4.78, 5) is 15.0. The molecule has 0 unspecified atom stereocenters. The Balaban J connectivity index is 2.17. The first-order valence-corrected chi connectivity index (χ1v) is 6.49. The molecule has 0 amide bonds. The minimum atomic E-state index is -3.17. The molecule has 1 aromatic rings. The molecule has 2 rings (SSSR count). The van der Waals surface area contributed by atoms with E-state index in [2.05, 4.69) is 4.98 Å². The second kappa shape index (κ2) is 5.21. The van der Waals surface area contributed by atoms with Gasteiger partial charge in [-0.1, -0.05) is 23.2 Å². The zero-order chi connectivity index (χ0) is 14.2. The Morgan fingerprint density at radius 3 is 2.58 bits per heavy atom. The van der Waals surface area contributed by atoms with E-state index in [0.29, 0.717) is 0 Å². The lowest BCUT2D eigenvalue weighted by Gasteiger charge is -2.17. The lowest BCUT2D eigenvalue weighted by atomic mass is 10.0. The van der Waals surface area contributed by atoms with E-state index in [1.807, 2.05) is 0 Å². The van der Waals surface area contributed by atoms with E-state index in [1.165, 1.54) is 0 Å². The molecule has 0 aromatic carbocycles. The molecule has 1 fully saturated rings. The molecule has 0 radical (unpaired) electrons. The summed E-state index contributed by atoms with van der Waals surface area (Å²) in [6.45, 7) is 1.82. The SMILES string of the molecule is CCOC(=O)[C@H]1C[C@@H]1C(F)(F)c1cc(Cl)nc(Cl)c1. The van der Waals surface area contributed by atoms with Gasteiger partial charge in [0.15, 0.2) is 0 Å². The zero-order valence-corrected chi connectivity index (χ0v) is 11.5. The van der Waals surface area contributed by atoms with Gasteiger partial charge in [0.2, 0.25) is 0 Å². The maximum absolute atomic E-state index is 14.2. The van der Waals surface area contributed by atoms with Crippen molar-refractivity contribution in [2.45, 2.75) is 19.3 Å². The third kappa shape index (κ3) is 2.98. The Kier molecular flexibility index (Phi) is 3.97. The van der Waals surface area contributed by atoms with Gasteiger partial charge in [0.1, 0.15) is 10.3 Å². The monoisotopic (exact) mass is 309 g/mol. The molecule has 0 spiro atoms. The largest absolute Gasteiger partial charge is 0.466 e. The summed E-state index contributed by atoms with van der Waals surface area (Å²) in [5.41, 5.74) is -0.325. The molecular formula is C12H11Cl2F2NO2. The maximum atomic E-state index is 14.2. The van der Waals surface area contributed by atoms with E-state index in [4.69, 9.17) is 27.9 Å². The van der Waals surface area contributed by atoms with Gasteiger partial charge in [-0.15, -0.1) is 0 Å². The van der Waals surface area contributed by atoms with Crippen molar-refractivity contribution in [3.05, 3.63) is 28.0 Å². The molecule has 1 aliphatic rings. The fourth-order valence-corrected chi connectivity index (χ4v) is 2.44. The topological polar surface area (TPSA) is 39.2 Å². The van der Waals surface area contributed by atoms with Crippen molar-refractivity contribution in [2.75, 3.05) is 6.61 Å². The standard InChI is InChI=1S/C12H11Cl2F2NO2/c1-2-19-11(18)7-5-8(7)12(15,16)6-3-9(13)17-10(14)4-6/h3-4,7-8H,2,5H2,1H3/t7-,8-/m0/s1. The van der Waals surface area contributed by atoms with Crippen molar-refractivity contribution < 1.29 is 18.3 Å². The molecule has 1 aromatic heterocycles. The lowest BCUT2D eigenvalue weighted by molar-refractivity contribution is -0.147. The number of carbonyl (C=O) groups excluding carboxylic acids is 1. The number of hydrogen-bond donors (Lipinski definition) is 0. The van der Waals surface area contributed by atoms with E-state index >= 15 is 0 Å². The Labute approximate surface area is 118 Å². The predicted molar refractivity (Wildman–Crippen MR) is 66.4 cm³/mol. The van der Waals surface area contributed by atoms with Gasteiger partial charge in [-0.3, -0.25) is 4.79 Å². The highest BCUT2D eigenvalue weighted by Gasteiger charge is 2.59. The Morgan fingerprint density at radius 1 is 1.47 bits per heavy atom. The van der Waals surface area contributed by atoms with Gasteiger partial charge in [-0.2, -0.15) is 0 Å². The van der Waals surface area contributed by atoms with Crippen LogP contribution in [0.15, 0.2) is 12.1 Å². The van der Waals surface area contributed by atoms with E-state index in [-0.39, 0.29) is 28.9 Å². The molecule has 19 heavy (non-hydrogen) atoms. The normalized spacial score (nSPS) is 22.2. The first-order chi connectivity index (χ1) is 8.86. The van der Waals surface area contributed by atoms with Crippen molar-refractivity contribution in [3.8, 4) is 0 Å². The molecule has 2 atom stereocenters. The number of pyridine rings is 1. The van der Waals surface area contributed by atoms with E-state index in [0.717, 1.165) is 12.1 Å². The van der Waals surface area contributed by atoms with Crippen LogP contribution in [-0.4, -0.2) is 17.6 Å². The summed E-state index contributed by atoms with van der Waals surface area (Å²) in [7, 11) is 0. The first kappa shape index (κ1) is 14.5. The third-order valence-electron chi connectivity index (χ3n) is 2.99. The summed E-state index contributed by atoms with van der Waals surface area (Å²) in [5, 5.41) is -0.203. The number of esters is 1. The minimum absolute atomic E-state index is 0.101. The molecule has 104 valence electrons. The van der Waals surface area contributed by atoms with Crippen LogP contribution in [0.4, 0.5) is 8.78 Å². The molecule has 7 heteroatoms. The molecule has 0 saturated heterocycles. The van der Waals surface area contributed by atoms with Gasteiger partial charge >= 0.3 is 5.97 Å². The Morgan fingerprint density at radius 2 is 2.05 bits per heavy atom. The Bertz CT molecular complexity index is 490. The number of hydrogen-bond acceptors (Lipinski definition) is 3. The average molecular weight is 310 g/mol. The van der Waals surface area contributed by atoms with Gasteiger partial charge in [0.25, 0.3) is 5.92 Å². The molecule has 1 heterocycles. The molecule has 3 nitrogen and oxygen atoms in total. The number of ether oxygens (including phenoxy) is 1. The minimum Gasteiger partial charge on any atom is -0.466 e. The van der Waals surface area contributed by atoms with Gasteiger partial charge in [0, 0.05) is 11.5 Å². The van der Waals surface area contributed by atoms with Crippen LogP contribution in [0, 0.1) is 11.8 Å². The number of carbonyl (C=O) groups is 1. The van der Waals surface area contributed by atoms with Crippen molar-refractivity contribution in [3.63, 3.8) is 0 Å². The molecule has 1 aliphatic carbocycles. The molecular weight excluding hydrogens is 299 g/mol. The fraction of sp³-hybridized carbons (Fsp3) is 0.500. The van der Waals surface area contributed by atoms with Gasteiger partial charge in [-0.05, 0) is 25.5 Å². The van der Waals surface area contributed by atoms with Gasteiger partial charge < -0.3 is 4.74 Å². The molecule has 0 N–H and O–H groups in total. The smallest absolute Gasteiger partial charge is 0.309 e. The van der Waals surface area contributed by atoms with Gasteiger partial charge in [-0.25, -0.2) is 13.8 Å². The fourth-order valence-electron chi connectivity index (χ4n) is 1.98. The first-order valence-electron chi connectivity index (χ1n) is 5.74. The van der Waals surface area contributed by atoms with Crippen LogP contribution in [0.1, 0.15) is 18.9 Å². The van der Waals surface area contributed by atoms with Crippen molar-refractivity contribution in [1.82, 2.24) is 4.98 Å². The highest BCUT2D eigenvalue weighted by atomic mass is 35.5. The van der Waals surface area contributed by atoms with Crippen LogP contribution >= 0.6 is 23.2 Å². The zero-order valence-electron chi connectivity index (χ0n) is 10.00. The molecule has 1 saturated carbocycles. The van der Waals surface area contributed by atoms with Crippen LogP contribution in [0.2, 0.25) is 10.3 Å². The summed E-state index contributed by atoms with van der Waals surface area (Å²) >= 11 is 11.2. The number of nitrogens with zero attached hydrogens (tertiary/aromatic N) is 1. The van der Waals surface area contributed by atoms with Crippen molar-refractivity contribution >= 4 is 29.2 Å². The van der Waals surface area contributed by atoms with Crippen LogP contribution < -0.4 is 0 Å². The number of alkyl halides is 2. The van der Waals surface area contributed by atoms with Crippen molar-refractivity contribution in [2.24, 2.45) is 11.8 Å². The summed E-state index contributed by atoms with van der Waals surface area (Å²) in [6, 6.07) is 2.13. The maximum Gasteiger partial charge on any atom is 0.309 e. The second-order valence-electron chi connectivity index (χ2n) is 4.32. The Hall–Kier alpha value is -0.940. The van der Waals surface area contributed by atoms with Crippen LogP contribution in [0.25, 0.3) is 0 Å². The summed E-state index contributed by atoms with van der Waals surface area (Å²) in [5.74, 6) is -5.59. The number of aromatic nitrogens is 1. The van der Waals surface area contributed by atoms with Crippen LogP contribution in [0.5, 0.6) is 0 Å². The van der Waals surface area contributed by atoms with E-state index < -0.39 is 23.7 Å². The molecule has 0 aliphatic heterocycles. The van der Waals surface area contributed by atoms with E-state index in [9.17, 15) is 13.6 Å². The quantitative estimate of drug-likeness (QED) is 0.629. The second-order valence-corrected chi connectivity index (χ2v) is 5.10. The summed E-state index contributed by atoms with van der Waals surface area (Å²) in [6.07, 6.45) is 0.101. The summed E-state index contributed by atoms with van der Waals surface area (Å²) < 4.78 is 33.1. The molecule has 0 bridgehead atoms. The lowest BCUT2D eigenvalue weighted by Crippen LogP contribution is -2.20. The van der Waals surface area contributed by atoms with Crippen LogP contribution in [-0.2, 0) is 15.5 Å². The highest BCUT2D eigenvalue weighted by Crippen LogP contribution is 2.55. The number of halogens is 4. The third-order valence-corrected chi connectivity index (χ3v) is 3.38. The van der Waals surface area contributed by atoms with Crippen molar-refractivity contribution in [1.29, 1.82) is 0 Å². The number of rotatable bonds is 4. The highest BCUT2D eigenvalue weighted by molar-refractivity contribution is 6.32. The predicted octanol–water partition coefficient (Wildman–Crippen LogP) is 3.68. The van der Waals surface area contributed by atoms with Crippen LogP contribution in [0.3, 0.4) is 0 Å². The van der Waals surface area contributed by atoms with E-state index in [1.54, 1.807) is 6.92 Å². The average Bonchev–Trinajstić information content (AvgIpc) is 3.08. The van der Waals surface area contributed by atoms with Gasteiger partial charge in [0.05, 0.1) is 12.5 Å².